The summed E-state index contributed by atoms with van der Waals surface area (Å²) in [6.07, 6.45) is 2.16. The molecule has 0 atom stereocenters. The first-order valence-electron chi connectivity index (χ1n) is 6.60. The molecule has 0 amide bonds. The largest absolute Gasteiger partial charge is 0.595 e. The highest BCUT2D eigenvalue weighted by Crippen LogP contribution is 2.35. The van der Waals surface area contributed by atoms with Gasteiger partial charge in [0.1, 0.15) is 5.52 Å². The van der Waals surface area contributed by atoms with Crippen molar-refractivity contribution in [2.24, 2.45) is 12.5 Å². The third-order valence-electron chi connectivity index (χ3n) is 3.61. The molecule has 0 aliphatic carbocycles. The number of benzene rings is 1. The standard InChI is InChI=1S/C15H15BrN2O3/c1-15(2)7-12(21-13(19)8-15)14-10-6-9(16)4-5-11(10)17(3)18(14)20/h4-7H,8H2,1-3H3. The Hall–Kier alpha value is -1.82. The minimum absolute atomic E-state index is 0.309. The lowest BCUT2D eigenvalue weighted by Gasteiger charge is -2.24. The van der Waals surface area contributed by atoms with Gasteiger partial charge in [0.05, 0.1) is 18.9 Å². The molecule has 0 fully saturated rings. The maximum absolute atomic E-state index is 12.4. The van der Waals surface area contributed by atoms with Crippen molar-refractivity contribution in [3.05, 3.63) is 39.6 Å². The van der Waals surface area contributed by atoms with Crippen LogP contribution in [0.4, 0.5) is 0 Å². The van der Waals surface area contributed by atoms with Crippen molar-refractivity contribution in [3.8, 4) is 0 Å². The Balaban J connectivity index is 2.30. The van der Waals surface area contributed by atoms with Gasteiger partial charge < -0.3 is 9.94 Å². The molecule has 0 unspecified atom stereocenters. The fourth-order valence-electron chi connectivity index (χ4n) is 2.64. The first-order valence-corrected chi connectivity index (χ1v) is 7.39. The molecule has 0 saturated carbocycles. The molecule has 6 heteroatoms. The number of cyclic esters (lactones) is 1. The Labute approximate surface area is 130 Å². The predicted molar refractivity (Wildman–Crippen MR) is 82.0 cm³/mol. The number of carbonyl (C=O) groups excluding carboxylic acids is 1. The van der Waals surface area contributed by atoms with Gasteiger partial charge in [0.2, 0.25) is 5.76 Å². The number of aromatic nitrogens is 2. The fourth-order valence-corrected chi connectivity index (χ4v) is 3.00. The Morgan fingerprint density at radius 1 is 1.43 bits per heavy atom. The Morgan fingerprint density at radius 3 is 2.81 bits per heavy atom. The summed E-state index contributed by atoms with van der Waals surface area (Å²) in [5, 5.41) is 13.2. The van der Waals surface area contributed by atoms with E-state index in [2.05, 4.69) is 15.9 Å². The number of hydrogen-bond acceptors (Lipinski definition) is 3. The van der Waals surface area contributed by atoms with E-state index in [0.29, 0.717) is 17.9 Å². The first kappa shape index (κ1) is 14.1. The first-order chi connectivity index (χ1) is 9.78. The molecule has 0 spiro atoms. The number of aryl methyl sites for hydroxylation is 1. The number of esters is 1. The summed E-state index contributed by atoms with van der Waals surface area (Å²) in [6, 6.07) is 5.58. The topological polar surface area (TPSA) is 58.2 Å². The molecule has 1 aromatic heterocycles. The van der Waals surface area contributed by atoms with Crippen molar-refractivity contribution in [1.29, 1.82) is 0 Å². The van der Waals surface area contributed by atoms with Crippen LogP contribution < -0.4 is 4.85 Å². The Bertz CT molecular complexity index is 790. The molecule has 110 valence electrons. The average Bonchev–Trinajstić information content (AvgIpc) is 2.59. The fraction of sp³-hybridized carbons (Fsp3) is 0.333. The summed E-state index contributed by atoms with van der Waals surface area (Å²) in [5.74, 6) is 0.0134. The van der Waals surface area contributed by atoms with Crippen LogP contribution in [0.5, 0.6) is 0 Å². The highest BCUT2D eigenvalue weighted by Gasteiger charge is 2.34. The van der Waals surface area contributed by atoms with Gasteiger partial charge in [-0.05, 0) is 29.7 Å². The van der Waals surface area contributed by atoms with Crippen molar-refractivity contribution in [3.63, 3.8) is 0 Å². The molecule has 21 heavy (non-hydrogen) atoms. The lowest BCUT2D eigenvalue weighted by molar-refractivity contribution is -0.691. The van der Waals surface area contributed by atoms with Crippen LogP contribution in [0, 0.1) is 10.6 Å². The van der Waals surface area contributed by atoms with Gasteiger partial charge in [0.15, 0.2) is 0 Å². The van der Waals surface area contributed by atoms with Gasteiger partial charge in [-0.15, -0.1) is 4.68 Å². The number of allylic oxidation sites excluding steroid dienone is 1. The lowest BCUT2D eigenvalue weighted by atomic mass is 9.86. The Morgan fingerprint density at radius 2 is 2.14 bits per heavy atom. The molecular weight excluding hydrogens is 336 g/mol. The number of halogens is 1. The van der Waals surface area contributed by atoms with Gasteiger partial charge in [0, 0.05) is 4.47 Å². The minimum Gasteiger partial charge on any atom is -0.595 e. The van der Waals surface area contributed by atoms with Gasteiger partial charge in [-0.3, -0.25) is 4.79 Å². The van der Waals surface area contributed by atoms with Crippen molar-refractivity contribution < 1.29 is 14.4 Å². The molecule has 1 aliphatic rings. The molecule has 0 N–H and O–H groups in total. The zero-order valence-corrected chi connectivity index (χ0v) is 13.6. The van der Waals surface area contributed by atoms with E-state index in [9.17, 15) is 10.0 Å². The Kier molecular flexibility index (Phi) is 3.09. The number of carbonyl (C=O) groups is 1. The smallest absolute Gasteiger partial charge is 0.312 e. The highest BCUT2D eigenvalue weighted by atomic mass is 79.9. The van der Waals surface area contributed by atoms with Crippen LogP contribution in [0.1, 0.15) is 26.0 Å². The molecular formula is C15H15BrN2O3. The molecule has 0 saturated heterocycles. The number of nitrogens with zero attached hydrogens (tertiary/aromatic N) is 2. The molecule has 0 bridgehead atoms. The van der Waals surface area contributed by atoms with E-state index in [4.69, 9.17) is 4.74 Å². The molecule has 2 aromatic rings. The molecule has 0 radical (unpaired) electrons. The van der Waals surface area contributed by atoms with Gasteiger partial charge in [0.25, 0.3) is 5.69 Å². The van der Waals surface area contributed by atoms with E-state index >= 15 is 0 Å². The van der Waals surface area contributed by atoms with E-state index in [0.717, 1.165) is 20.2 Å². The summed E-state index contributed by atoms with van der Waals surface area (Å²) in [4.78, 5) is 12.6. The summed E-state index contributed by atoms with van der Waals surface area (Å²) >= 11 is 3.41. The van der Waals surface area contributed by atoms with E-state index in [1.165, 1.54) is 4.68 Å². The average molecular weight is 351 g/mol. The van der Waals surface area contributed by atoms with Gasteiger partial charge in [-0.25, -0.2) is 0 Å². The number of rotatable bonds is 1. The summed E-state index contributed by atoms with van der Waals surface area (Å²) < 4.78 is 7.68. The van der Waals surface area contributed by atoms with Crippen LogP contribution >= 0.6 is 15.9 Å². The van der Waals surface area contributed by atoms with Crippen LogP contribution in [-0.4, -0.2) is 10.7 Å². The monoisotopic (exact) mass is 350 g/mol. The number of ether oxygens (including phenoxy) is 1. The second-order valence-corrected chi connectivity index (χ2v) is 6.87. The zero-order chi connectivity index (χ0) is 15.4. The van der Waals surface area contributed by atoms with Gasteiger partial charge >= 0.3 is 5.97 Å². The predicted octanol–water partition coefficient (Wildman–Crippen LogP) is 2.89. The quantitative estimate of drug-likeness (QED) is 0.451. The van der Waals surface area contributed by atoms with E-state index in [1.807, 2.05) is 38.1 Å². The second-order valence-electron chi connectivity index (χ2n) is 5.95. The SMILES string of the molecule is Cn1c2ccc(Br)cc2c(C2=CC(C)(C)CC(=O)O2)[n+]1[O-]. The van der Waals surface area contributed by atoms with Gasteiger partial charge in [-0.1, -0.05) is 34.6 Å². The maximum Gasteiger partial charge on any atom is 0.312 e. The number of hydrogen-bond donors (Lipinski definition) is 0. The summed E-state index contributed by atoms with van der Waals surface area (Å²) in [5.41, 5.74) is 0.824. The third-order valence-corrected chi connectivity index (χ3v) is 4.10. The summed E-state index contributed by atoms with van der Waals surface area (Å²) in [7, 11) is 1.68. The van der Waals surface area contributed by atoms with Crippen molar-refractivity contribution in [2.45, 2.75) is 20.3 Å². The van der Waals surface area contributed by atoms with E-state index < -0.39 is 0 Å². The van der Waals surface area contributed by atoms with Crippen LogP contribution in [0.25, 0.3) is 16.7 Å². The van der Waals surface area contributed by atoms with Crippen molar-refractivity contribution in [2.75, 3.05) is 0 Å². The third kappa shape index (κ3) is 2.33. The molecule has 3 rings (SSSR count). The van der Waals surface area contributed by atoms with E-state index in [1.54, 1.807) is 7.05 Å². The van der Waals surface area contributed by atoms with Crippen LogP contribution in [-0.2, 0) is 16.6 Å². The lowest BCUT2D eigenvalue weighted by Crippen LogP contribution is -2.39. The summed E-state index contributed by atoms with van der Waals surface area (Å²) in [6.45, 7) is 3.90. The number of fused-ring (bicyclic) bond motifs is 1. The van der Waals surface area contributed by atoms with Crippen LogP contribution in [0.2, 0.25) is 0 Å². The second kappa shape index (κ2) is 4.59. The highest BCUT2D eigenvalue weighted by molar-refractivity contribution is 9.10. The molecule has 2 heterocycles. The molecule has 1 aromatic carbocycles. The minimum atomic E-state index is -0.328. The van der Waals surface area contributed by atoms with Crippen LogP contribution in [0.3, 0.4) is 0 Å². The molecule has 5 nitrogen and oxygen atoms in total. The van der Waals surface area contributed by atoms with Crippen molar-refractivity contribution in [1.82, 2.24) is 4.68 Å². The van der Waals surface area contributed by atoms with E-state index in [-0.39, 0.29) is 11.4 Å². The molecule has 1 aliphatic heterocycles. The van der Waals surface area contributed by atoms with Crippen LogP contribution in [0.15, 0.2) is 28.7 Å². The van der Waals surface area contributed by atoms with Gasteiger partial charge in [-0.2, -0.15) is 0 Å². The van der Waals surface area contributed by atoms with Crippen molar-refractivity contribution >= 4 is 38.6 Å². The normalized spacial score (nSPS) is 17.7. The maximum atomic E-state index is 12.4. The zero-order valence-electron chi connectivity index (χ0n) is 12.0.